The van der Waals surface area contributed by atoms with Crippen LogP contribution in [0.3, 0.4) is 0 Å². The Bertz CT molecular complexity index is 677. The van der Waals surface area contributed by atoms with Crippen LogP contribution in [0.4, 0.5) is 0 Å². The number of rotatable bonds is 1. The Hall–Kier alpha value is -2.16. The molecule has 1 heterocycles. The molecule has 0 N–H and O–H groups in total. The predicted molar refractivity (Wildman–Crippen MR) is 66.0 cm³/mol. The normalized spacial score (nSPS) is 14.4. The molecule has 84 valence electrons. The molecular weight excluding hydrogens is 214 g/mol. The number of aryl methyl sites for hydroxylation is 1. The molecule has 0 unspecified atom stereocenters. The van der Waals surface area contributed by atoms with Crippen molar-refractivity contribution in [3.8, 4) is 0 Å². The lowest BCUT2D eigenvalue weighted by molar-refractivity contribution is -0.110. The number of aromatic nitrogens is 1. The number of ketones is 2. The molecule has 2 aromatic rings. The third kappa shape index (κ3) is 1.22. The van der Waals surface area contributed by atoms with Gasteiger partial charge in [0.2, 0.25) is 11.6 Å². The van der Waals surface area contributed by atoms with Crippen molar-refractivity contribution in [2.75, 3.05) is 0 Å². The number of Topliss-reactive ketones (excluding diaryl/α,β-unsaturated/α-hetero) is 1. The Morgan fingerprint density at radius 3 is 2.65 bits per heavy atom. The molecule has 1 aromatic heterocycles. The second kappa shape index (κ2) is 3.42. The van der Waals surface area contributed by atoms with Gasteiger partial charge in [-0.15, -0.1) is 0 Å². The van der Waals surface area contributed by atoms with E-state index < -0.39 is 11.6 Å². The van der Waals surface area contributed by atoms with Gasteiger partial charge < -0.3 is 4.57 Å². The number of hydrogen-bond donors (Lipinski definition) is 0. The topological polar surface area (TPSA) is 39.1 Å². The fourth-order valence-electron chi connectivity index (χ4n) is 2.43. The standard InChI is InChI=1S/C14H11NO2/c1-2-15-10-6-4-3-5-9(10)13-11(15)7-8-12(16)14(13)17/h3-8H,2H2,1H3. The van der Waals surface area contributed by atoms with E-state index in [9.17, 15) is 9.59 Å². The first-order valence-corrected chi connectivity index (χ1v) is 5.62. The molecule has 3 heteroatoms. The van der Waals surface area contributed by atoms with E-state index in [1.54, 1.807) is 6.08 Å². The molecule has 0 fully saturated rings. The van der Waals surface area contributed by atoms with Crippen molar-refractivity contribution in [3.63, 3.8) is 0 Å². The van der Waals surface area contributed by atoms with Gasteiger partial charge in [0.25, 0.3) is 0 Å². The molecule has 0 amide bonds. The van der Waals surface area contributed by atoms with Gasteiger partial charge in [0.1, 0.15) is 0 Å². The number of carbonyl (C=O) groups is 2. The zero-order valence-corrected chi connectivity index (χ0v) is 9.43. The molecule has 0 atom stereocenters. The zero-order valence-electron chi connectivity index (χ0n) is 9.43. The van der Waals surface area contributed by atoms with Crippen molar-refractivity contribution >= 4 is 28.5 Å². The summed E-state index contributed by atoms with van der Waals surface area (Å²) < 4.78 is 2.06. The van der Waals surface area contributed by atoms with Crippen molar-refractivity contribution in [3.05, 3.63) is 41.6 Å². The summed E-state index contributed by atoms with van der Waals surface area (Å²) in [6.07, 6.45) is 3.10. The maximum Gasteiger partial charge on any atom is 0.235 e. The lowest BCUT2D eigenvalue weighted by Crippen LogP contribution is -2.16. The Morgan fingerprint density at radius 2 is 1.88 bits per heavy atom. The summed E-state index contributed by atoms with van der Waals surface area (Å²) >= 11 is 0. The molecule has 3 rings (SSSR count). The Morgan fingerprint density at radius 1 is 1.12 bits per heavy atom. The number of nitrogens with zero attached hydrogens (tertiary/aromatic N) is 1. The van der Waals surface area contributed by atoms with E-state index >= 15 is 0 Å². The van der Waals surface area contributed by atoms with Gasteiger partial charge in [0.15, 0.2) is 0 Å². The van der Waals surface area contributed by atoms with Crippen molar-refractivity contribution in [2.24, 2.45) is 0 Å². The maximum absolute atomic E-state index is 11.9. The zero-order chi connectivity index (χ0) is 12.0. The smallest absolute Gasteiger partial charge is 0.235 e. The first kappa shape index (κ1) is 10.0. The van der Waals surface area contributed by atoms with Crippen LogP contribution in [0.1, 0.15) is 23.0 Å². The van der Waals surface area contributed by atoms with E-state index in [1.807, 2.05) is 31.2 Å². The number of carbonyl (C=O) groups excluding carboxylic acids is 2. The largest absolute Gasteiger partial charge is 0.341 e. The summed E-state index contributed by atoms with van der Waals surface area (Å²) in [5.41, 5.74) is 2.40. The average Bonchev–Trinajstić information content (AvgIpc) is 2.68. The molecule has 0 saturated heterocycles. The highest BCUT2D eigenvalue weighted by Crippen LogP contribution is 2.30. The van der Waals surface area contributed by atoms with E-state index in [2.05, 4.69) is 4.57 Å². The summed E-state index contributed by atoms with van der Waals surface area (Å²) in [6.45, 7) is 2.81. The van der Waals surface area contributed by atoms with Gasteiger partial charge in [-0.2, -0.15) is 0 Å². The van der Waals surface area contributed by atoms with Gasteiger partial charge >= 0.3 is 0 Å². The molecule has 1 aliphatic carbocycles. The molecule has 1 aliphatic rings. The molecule has 0 radical (unpaired) electrons. The quantitative estimate of drug-likeness (QED) is 0.699. The van der Waals surface area contributed by atoms with Crippen molar-refractivity contribution in [1.82, 2.24) is 4.57 Å². The highest BCUT2D eigenvalue weighted by molar-refractivity contribution is 6.51. The van der Waals surface area contributed by atoms with Crippen molar-refractivity contribution in [1.29, 1.82) is 0 Å². The summed E-state index contributed by atoms with van der Waals surface area (Å²) in [7, 11) is 0. The summed E-state index contributed by atoms with van der Waals surface area (Å²) in [5, 5.41) is 0.868. The van der Waals surface area contributed by atoms with E-state index in [-0.39, 0.29) is 0 Å². The van der Waals surface area contributed by atoms with Gasteiger partial charge in [-0.3, -0.25) is 9.59 Å². The van der Waals surface area contributed by atoms with E-state index in [0.717, 1.165) is 23.1 Å². The van der Waals surface area contributed by atoms with Crippen LogP contribution in [0.2, 0.25) is 0 Å². The van der Waals surface area contributed by atoms with Crippen LogP contribution in [-0.4, -0.2) is 16.1 Å². The van der Waals surface area contributed by atoms with Crippen LogP contribution in [0.15, 0.2) is 30.3 Å². The third-order valence-electron chi connectivity index (χ3n) is 3.17. The third-order valence-corrected chi connectivity index (χ3v) is 3.17. The van der Waals surface area contributed by atoms with Gasteiger partial charge in [-0.25, -0.2) is 0 Å². The SMILES string of the molecule is CCn1c2c(c3ccccc31)C(=O)C(=O)C=C2. The molecule has 0 saturated carbocycles. The average molecular weight is 225 g/mol. The number of hydrogen-bond acceptors (Lipinski definition) is 2. The number of para-hydroxylation sites is 1. The van der Waals surface area contributed by atoms with Crippen molar-refractivity contribution < 1.29 is 9.59 Å². The van der Waals surface area contributed by atoms with Gasteiger partial charge in [-0.1, -0.05) is 18.2 Å². The second-order valence-electron chi connectivity index (χ2n) is 4.05. The molecule has 0 aliphatic heterocycles. The molecule has 3 nitrogen and oxygen atoms in total. The number of fused-ring (bicyclic) bond motifs is 3. The Balaban J connectivity index is 2.49. The molecule has 0 bridgehead atoms. The lowest BCUT2D eigenvalue weighted by Gasteiger charge is -2.07. The Kier molecular flexibility index (Phi) is 2.01. The van der Waals surface area contributed by atoms with Gasteiger partial charge in [0.05, 0.1) is 11.3 Å². The van der Waals surface area contributed by atoms with E-state index in [0.29, 0.717) is 5.56 Å². The van der Waals surface area contributed by atoms with Crippen LogP contribution in [0.25, 0.3) is 17.0 Å². The van der Waals surface area contributed by atoms with Crippen LogP contribution < -0.4 is 0 Å². The Labute approximate surface area is 98.3 Å². The van der Waals surface area contributed by atoms with Gasteiger partial charge in [-0.05, 0) is 25.1 Å². The monoisotopic (exact) mass is 225 g/mol. The van der Waals surface area contributed by atoms with Crippen molar-refractivity contribution in [2.45, 2.75) is 13.5 Å². The summed E-state index contributed by atoms with van der Waals surface area (Å²) in [5.74, 6) is -0.831. The minimum absolute atomic E-state index is 0.397. The minimum atomic E-state index is -0.434. The highest BCUT2D eigenvalue weighted by atomic mass is 16.2. The van der Waals surface area contributed by atoms with Crippen LogP contribution in [-0.2, 0) is 11.3 Å². The highest BCUT2D eigenvalue weighted by Gasteiger charge is 2.27. The first-order valence-electron chi connectivity index (χ1n) is 5.62. The predicted octanol–water partition coefficient (Wildman–Crippen LogP) is 2.44. The lowest BCUT2D eigenvalue weighted by atomic mass is 9.98. The minimum Gasteiger partial charge on any atom is -0.341 e. The maximum atomic E-state index is 11.9. The molecule has 0 spiro atoms. The summed E-state index contributed by atoms with van der Waals surface area (Å²) in [4.78, 5) is 23.4. The fourth-order valence-corrected chi connectivity index (χ4v) is 2.43. The van der Waals surface area contributed by atoms with Crippen LogP contribution in [0, 0.1) is 0 Å². The summed E-state index contributed by atoms with van der Waals surface area (Å²) in [6, 6.07) is 7.70. The molecular formula is C14H11NO2. The second-order valence-corrected chi connectivity index (χ2v) is 4.05. The van der Waals surface area contributed by atoms with E-state index in [4.69, 9.17) is 0 Å². The van der Waals surface area contributed by atoms with E-state index in [1.165, 1.54) is 6.08 Å². The van der Waals surface area contributed by atoms with Crippen LogP contribution in [0.5, 0.6) is 0 Å². The fraction of sp³-hybridized carbons (Fsp3) is 0.143. The number of allylic oxidation sites excluding steroid dienone is 1. The first-order chi connectivity index (χ1) is 8.24. The molecule has 1 aromatic carbocycles. The number of benzene rings is 1. The van der Waals surface area contributed by atoms with Gasteiger partial charge in [0, 0.05) is 17.4 Å². The van der Waals surface area contributed by atoms with Crippen LogP contribution >= 0.6 is 0 Å². The molecule has 17 heavy (non-hydrogen) atoms.